The van der Waals surface area contributed by atoms with Crippen LogP contribution < -0.4 is 5.32 Å². The zero-order valence-corrected chi connectivity index (χ0v) is 13.6. The van der Waals surface area contributed by atoms with Crippen LogP contribution in [-0.4, -0.2) is 16.7 Å². The number of hydrogen-bond acceptors (Lipinski definition) is 5. The molecule has 0 radical (unpaired) electrons. The molecular formula is C13H12F5N3S2. The first kappa shape index (κ1) is 17.9. The van der Waals surface area contributed by atoms with Crippen molar-refractivity contribution in [2.24, 2.45) is 0 Å². The number of nitrogens with one attached hydrogen (secondary N) is 1. The maximum atomic E-state index is 13.5. The van der Waals surface area contributed by atoms with Crippen LogP contribution in [0.1, 0.15) is 25.3 Å². The Labute approximate surface area is 137 Å². The number of rotatable bonds is 7. The Bertz CT molecular complexity index is 663. The first-order valence-electron chi connectivity index (χ1n) is 6.66. The minimum atomic E-state index is -2.16. The number of benzene rings is 1. The summed E-state index contributed by atoms with van der Waals surface area (Å²) in [5, 5.41) is 11.2. The van der Waals surface area contributed by atoms with Gasteiger partial charge in [0.25, 0.3) is 0 Å². The summed E-state index contributed by atoms with van der Waals surface area (Å²) in [6.45, 7) is 2.75. The monoisotopic (exact) mass is 369 g/mol. The molecule has 0 spiro atoms. The molecule has 126 valence electrons. The van der Waals surface area contributed by atoms with E-state index in [1.54, 1.807) is 0 Å². The van der Waals surface area contributed by atoms with Gasteiger partial charge in [0.15, 0.2) is 27.6 Å². The number of halogens is 5. The fraction of sp³-hybridized carbons (Fsp3) is 0.385. The molecule has 0 saturated carbocycles. The molecule has 1 heterocycles. The topological polar surface area (TPSA) is 37.8 Å². The predicted octanol–water partition coefficient (Wildman–Crippen LogP) is 4.74. The Morgan fingerprint density at radius 2 is 1.57 bits per heavy atom. The van der Waals surface area contributed by atoms with E-state index in [1.165, 1.54) is 0 Å². The van der Waals surface area contributed by atoms with E-state index in [0.29, 0.717) is 16.0 Å². The predicted molar refractivity (Wildman–Crippen MR) is 79.1 cm³/mol. The molecular weight excluding hydrogens is 357 g/mol. The molecule has 23 heavy (non-hydrogen) atoms. The SMILES string of the molecule is CCCCNc1nnc(SCc2c(F)c(F)c(F)c(F)c2F)s1. The summed E-state index contributed by atoms with van der Waals surface area (Å²) in [6, 6.07) is 0. The van der Waals surface area contributed by atoms with E-state index in [9.17, 15) is 22.0 Å². The summed E-state index contributed by atoms with van der Waals surface area (Å²) >= 11 is 2.00. The first-order chi connectivity index (χ1) is 11.0. The molecule has 3 nitrogen and oxygen atoms in total. The minimum Gasteiger partial charge on any atom is -0.360 e. The van der Waals surface area contributed by atoms with Crippen molar-refractivity contribution in [2.45, 2.75) is 29.9 Å². The van der Waals surface area contributed by atoms with Gasteiger partial charge >= 0.3 is 0 Å². The molecule has 0 saturated heterocycles. The summed E-state index contributed by atoms with van der Waals surface area (Å²) < 4.78 is 66.6. The van der Waals surface area contributed by atoms with Crippen molar-refractivity contribution >= 4 is 28.2 Å². The van der Waals surface area contributed by atoms with E-state index < -0.39 is 40.4 Å². The number of nitrogens with zero attached hydrogens (tertiary/aromatic N) is 2. The number of unbranched alkanes of at least 4 members (excludes halogenated alkanes) is 1. The van der Waals surface area contributed by atoms with Gasteiger partial charge in [0.2, 0.25) is 10.9 Å². The second-order valence-corrected chi connectivity index (χ2v) is 6.69. The summed E-state index contributed by atoms with van der Waals surface area (Å²) in [6.07, 6.45) is 1.96. The van der Waals surface area contributed by atoms with Gasteiger partial charge in [-0.05, 0) is 6.42 Å². The third-order valence-electron chi connectivity index (χ3n) is 2.85. The fourth-order valence-electron chi connectivity index (χ4n) is 1.62. The van der Waals surface area contributed by atoms with Crippen LogP contribution in [-0.2, 0) is 5.75 Å². The molecule has 0 fully saturated rings. The van der Waals surface area contributed by atoms with Crippen LogP contribution in [0.3, 0.4) is 0 Å². The summed E-state index contributed by atoms with van der Waals surface area (Å²) in [5.74, 6) is -10.1. The van der Waals surface area contributed by atoms with Gasteiger partial charge < -0.3 is 5.32 Å². The number of thioether (sulfide) groups is 1. The maximum absolute atomic E-state index is 13.5. The van der Waals surface area contributed by atoms with Gasteiger partial charge in [-0.2, -0.15) is 0 Å². The van der Waals surface area contributed by atoms with Crippen LogP contribution in [0.25, 0.3) is 0 Å². The van der Waals surface area contributed by atoms with Crippen LogP contribution in [0.15, 0.2) is 4.34 Å². The first-order valence-corrected chi connectivity index (χ1v) is 8.46. The zero-order chi connectivity index (χ0) is 17.0. The van der Waals surface area contributed by atoms with E-state index in [0.717, 1.165) is 35.9 Å². The molecule has 0 aliphatic carbocycles. The highest BCUT2D eigenvalue weighted by Gasteiger charge is 2.25. The maximum Gasteiger partial charge on any atom is 0.206 e. The van der Waals surface area contributed by atoms with Crippen LogP contribution in [0, 0.1) is 29.1 Å². The average molecular weight is 369 g/mol. The average Bonchev–Trinajstić information content (AvgIpc) is 2.99. The van der Waals surface area contributed by atoms with Gasteiger partial charge in [0.05, 0.1) is 0 Å². The van der Waals surface area contributed by atoms with Gasteiger partial charge in [-0.3, -0.25) is 0 Å². The Kier molecular flexibility index (Phi) is 6.17. The Morgan fingerprint density at radius 3 is 2.17 bits per heavy atom. The molecule has 0 amide bonds. The van der Waals surface area contributed by atoms with Gasteiger partial charge in [-0.1, -0.05) is 36.4 Å². The molecule has 0 aliphatic heterocycles. The molecule has 0 aliphatic rings. The van der Waals surface area contributed by atoms with Crippen LogP contribution in [0.2, 0.25) is 0 Å². The second-order valence-electron chi connectivity index (χ2n) is 4.49. The fourth-order valence-corrected chi connectivity index (χ4v) is 3.39. The van der Waals surface area contributed by atoms with Crippen molar-refractivity contribution < 1.29 is 22.0 Å². The molecule has 0 unspecified atom stereocenters. The molecule has 10 heteroatoms. The number of hydrogen-bond donors (Lipinski definition) is 1. The van der Waals surface area contributed by atoms with Gasteiger partial charge in [0, 0.05) is 17.9 Å². The Balaban J connectivity index is 2.07. The summed E-state index contributed by atoms with van der Waals surface area (Å²) in [4.78, 5) is 0. The Hall–Kier alpha value is -1.42. The quantitative estimate of drug-likeness (QED) is 0.252. The van der Waals surface area contributed by atoms with Crippen LogP contribution in [0.5, 0.6) is 0 Å². The lowest BCUT2D eigenvalue weighted by Gasteiger charge is -2.06. The lowest BCUT2D eigenvalue weighted by molar-refractivity contribution is 0.372. The van der Waals surface area contributed by atoms with Crippen molar-refractivity contribution in [2.75, 3.05) is 11.9 Å². The third kappa shape index (κ3) is 4.11. The Morgan fingerprint density at radius 1 is 0.957 bits per heavy atom. The zero-order valence-electron chi connectivity index (χ0n) is 11.9. The second kappa shape index (κ2) is 7.91. The molecule has 2 aromatic rings. The van der Waals surface area contributed by atoms with Crippen molar-refractivity contribution in [1.29, 1.82) is 0 Å². The minimum absolute atomic E-state index is 0.368. The van der Waals surface area contributed by atoms with Crippen molar-refractivity contribution in [3.63, 3.8) is 0 Å². The van der Waals surface area contributed by atoms with Gasteiger partial charge in [-0.25, -0.2) is 22.0 Å². The molecule has 2 rings (SSSR count). The largest absolute Gasteiger partial charge is 0.360 e. The van der Waals surface area contributed by atoms with Crippen molar-refractivity contribution in [3.05, 3.63) is 34.6 Å². The highest BCUT2D eigenvalue weighted by atomic mass is 32.2. The summed E-state index contributed by atoms with van der Waals surface area (Å²) in [7, 11) is 0. The van der Waals surface area contributed by atoms with Gasteiger partial charge in [0.1, 0.15) is 0 Å². The van der Waals surface area contributed by atoms with Crippen molar-refractivity contribution in [3.8, 4) is 0 Å². The van der Waals surface area contributed by atoms with Crippen LogP contribution in [0.4, 0.5) is 27.1 Å². The standard InChI is InChI=1S/C13H12F5N3S2/c1-2-3-4-19-12-20-21-13(23-12)22-5-6-7(14)9(16)11(18)10(17)8(6)15/h2-5H2,1H3,(H,19,20). The smallest absolute Gasteiger partial charge is 0.206 e. The lowest BCUT2D eigenvalue weighted by Crippen LogP contribution is -2.06. The van der Waals surface area contributed by atoms with E-state index >= 15 is 0 Å². The lowest BCUT2D eigenvalue weighted by atomic mass is 10.2. The van der Waals surface area contributed by atoms with E-state index in [2.05, 4.69) is 15.5 Å². The van der Waals surface area contributed by atoms with E-state index in [1.807, 2.05) is 6.92 Å². The molecule has 0 atom stereocenters. The third-order valence-corrected chi connectivity index (χ3v) is 4.89. The molecule has 1 aromatic carbocycles. The molecule has 0 bridgehead atoms. The molecule has 1 aromatic heterocycles. The van der Waals surface area contributed by atoms with Crippen molar-refractivity contribution in [1.82, 2.24) is 10.2 Å². The summed E-state index contributed by atoms with van der Waals surface area (Å²) in [5.41, 5.74) is -0.873. The van der Waals surface area contributed by atoms with E-state index in [-0.39, 0.29) is 0 Å². The number of aromatic nitrogens is 2. The number of anilines is 1. The van der Waals surface area contributed by atoms with E-state index in [4.69, 9.17) is 0 Å². The van der Waals surface area contributed by atoms with Crippen LogP contribution >= 0.6 is 23.1 Å². The normalized spacial score (nSPS) is 11.0. The highest BCUT2D eigenvalue weighted by molar-refractivity contribution is 8.00. The molecule has 1 N–H and O–H groups in total. The highest BCUT2D eigenvalue weighted by Crippen LogP contribution is 2.32. The van der Waals surface area contributed by atoms with Gasteiger partial charge in [-0.15, -0.1) is 10.2 Å².